The molecule has 1 atom stereocenters. The zero-order valence-corrected chi connectivity index (χ0v) is 7.15. The summed E-state index contributed by atoms with van der Waals surface area (Å²) in [6, 6.07) is 0.829. The lowest BCUT2D eigenvalue weighted by Crippen LogP contribution is -2.14. The first kappa shape index (κ1) is 10.1. The summed E-state index contributed by atoms with van der Waals surface area (Å²) in [5.74, 6) is -3.05. The highest BCUT2D eigenvalue weighted by atomic mass is 19.2. The summed E-state index contributed by atoms with van der Waals surface area (Å²) in [5.41, 5.74) is 5.05. The summed E-state index contributed by atoms with van der Waals surface area (Å²) in [6.07, 6.45) is 0.358. The molecule has 0 spiro atoms. The topological polar surface area (TPSA) is 26.0 Å². The Morgan fingerprint density at radius 3 is 2.31 bits per heavy atom. The van der Waals surface area contributed by atoms with Crippen molar-refractivity contribution in [2.24, 2.45) is 5.73 Å². The van der Waals surface area contributed by atoms with Crippen LogP contribution in [0.2, 0.25) is 0 Å². The third-order valence-corrected chi connectivity index (χ3v) is 1.89. The van der Waals surface area contributed by atoms with E-state index in [0.29, 0.717) is 6.42 Å². The Morgan fingerprint density at radius 1 is 1.23 bits per heavy atom. The monoisotopic (exact) mass is 189 g/mol. The lowest BCUT2D eigenvalue weighted by molar-refractivity contribution is 0.462. The summed E-state index contributed by atoms with van der Waals surface area (Å²) in [7, 11) is 0. The minimum Gasteiger partial charge on any atom is -0.324 e. The van der Waals surface area contributed by atoms with Gasteiger partial charge in [0.1, 0.15) is 5.82 Å². The Hall–Kier alpha value is -1.03. The van der Waals surface area contributed by atoms with Crippen LogP contribution in [0, 0.1) is 17.5 Å². The fraction of sp³-hybridized carbons (Fsp3) is 0.333. The first-order valence-corrected chi connectivity index (χ1v) is 3.96. The van der Waals surface area contributed by atoms with Crippen LogP contribution in [0.4, 0.5) is 13.2 Å². The molecular formula is C9H10F3N. The fourth-order valence-electron chi connectivity index (χ4n) is 1.09. The molecule has 0 radical (unpaired) electrons. The van der Waals surface area contributed by atoms with E-state index in [-0.39, 0.29) is 5.56 Å². The molecule has 4 heteroatoms. The van der Waals surface area contributed by atoms with Crippen LogP contribution in [0.25, 0.3) is 0 Å². The van der Waals surface area contributed by atoms with Crippen molar-refractivity contribution in [1.82, 2.24) is 0 Å². The standard InChI is InChI=1S/C9H10F3N/c1-2-7(13)8-5(10)3-4-6(11)9(8)12/h3-4,7H,2,13H2,1H3/t7-/m1/s1. The summed E-state index contributed by atoms with van der Waals surface area (Å²) in [5, 5.41) is 0. The van der Waals surface area contributed by atoms with Gasteiger partial charge in [0.15, 0.2) is 11.6 Å². The third kappa shape index (κ3) is 1.83. The Labute approximate surface area is 74.4 Å². The highest BCUT2D eigenvalue weighted by Gasteiger charge is 2.18. The SMILES string of the molecule is CC[C@@H](N)c1c(F)ccc(F)c1F. The zero-order valence-electron chi connectivity index (χ0n) is 7.15. The Morgan fingerprint density at radius 2 is 1.77 bits per heavy atom. The van der Waals surface area contributed by atoms with E-state index in [2.05, 4.69) is 0 Å². The van der Waals surface area contributed by atoms with Crippen molar-refractivity contribution in [2.75, 3.05) is 0 Å². The Balaban J connectivity index is 3.25. The molecule has 0 amide bonds. The predicted octanol–water partition coefficient (Wildman–Crippen LogP) is 2.51. The van der Waals surface area contributed by atoms with Crippen LogP contribution >= 0.6 is 0 Å². The summed E-state index contributed by atoms with van der Waals surface area (Å²) < 4.78 is 38.6. The minimum absolute atomic E-state index is 0.358. The predicted molar refractivity (Wildman–Crippen MR) is 43.5 cm³/mol. The summed E-state index contributed by atoms with van der Waals surface area (Å²) in [4.78, 5) is 0. The van der Waals surface area contributed by atoms with Gasteiger partial charge in [0, 0.05) is 11.6 Å². The van der Waals surface area contributed by atoms with Crippen molar-refractivity contribution in [3.63, 3.8) is 0 Å². The van der Waals surface area contributed by atoms with Gasteiger partial charge in [0.05, 0.1) is 0 Å². The third-order valence-electron chi connectivity index (χ3n) is 1.89. The molecule has 1 nitrogen and oxygen atoms in total. The maximum atomic E-state index is 13.0. The van der Waals surface area contributed by atoms with Crippen LogP contribution < -0.4 is 5.73 Å². The van der Waals surface area contributed by atoms with Crippen LogP contribution in [0.1, 0.15) is 24.9 Å². The van der Waals surface area contributed by atoms with Gasteiger partial charge in [0.25, 0.3) is 0 Å². The Bertz CT molecular complexity index is 312. The maximum absolute atomic E-state index is 13.0. The molecule has 0 aliphatic carbocycles. The molecule has 72 valence electrons. The molecule has 0 saturated heterocycles. The number of hydrogen-bond donors (Lipinski definition) is 1. The molecule has 1 aromatic carbocycles. The largest absolute Gasteiger partial charge is 0.324 e. The molecule has 0 aliphatic heterocycles. The van der Waals surface area contributed by atoms with Crippen molar-refractivity contribution in [3.05, 3.63) is 35.1 Å². The van der Waals surface area contributed by atoms with Crippen LogP contribution in [0.5, 0.6) is 0 Å². The quantitative estimate of drug-likeness (QED) is 0.711. The smallest absolute Gasteiger partial charge is 0.166 e. The van der Waals surface area contributed by atoms with E-state index < -0.39 is 23.5 Å². The van der Waals surface area contributed by atoms with Gasteiger partial charge in [-0.15, -0.1) is 0 Å². The number of benzene rings is 1. The van der Waals surface area contributed by atoms with E-state index in [1.165, 1.54) is 0 Å². The maximum Gasteiger partial charge on any atom is 0.166 e. The van der Waals surface area contributed by atoms with E-state index in [1.807, 2.05) is 0 Å². The van der Waals surface area contributed by atoms with Gasteiger partial charge in [-0.1, -0.05) is 6.92 Å². The van der Waals surface area contributed by atoms with Crippen molar-refractivity contribution < 1.29 is 13.2 Å². The van der Waals surface area contributed by atoms with E-state index >= 15 is 0 Å². The Kier molecular flexibility index (Phi) is 2.93. The van der Waals surface area contributed by atoms with Crippen molar-refractivity contribution in [2.45, 2.75) is 19.4 Å². The molecule has 13 heavy (non-hydrogen) atoms. The zero-order chi connectivity index (χ0) is 10.0. The molecule has 0 bridgehead atoms. The molecule has 0 saturated carbocycles. The minimum atomic E-state index is -1.19. The first-order valence-electron chi connectivity index (χ1n) is 3.96. The van der Waals surface area contributed by atoms with Gasteiger partial charge < -0.3 is 5.73 Å². The van der Waals surface area contributed by atoms with Crippen LogP contribution in [0.3, 0.4) is 0 Å². The highest BCUT2D eigenvalue weighted by Crippen LogP contribution is 2.22. The van der Waals surface area contributed by atoms with Gasteiger partial charge in [-0.05, 0) is 18.6 Å². The molecule has 0 fully saturated rings. The molecule has 0 aromatic heterocycles. The lowest BCUT2D eigenvalue weighted by atomic mass is 10.0. The van der Waals surface area contributed by atoms with Gasteiger partial charge >= 0.3 is 0 Å². The molecule has 1 aromatic rings. The fourth-order valence-corrected chi connectivity index (χ4v) is 1.09. The second-order valence-electron chi connectivity index (χ2n) is 2.77. The van der Waals surface area contributed by atoms with E-state index in [0.717, 1.165) is 12.1 Å². The molecule has 0 aliphatic rings. The molecule has 0 heterocycles. The first-order chi connectivity index (χ1) is 6.07. The molecule has 1 rings (SSSR count). The second kappa shape index (κ2) is 3.79. The number of halogens is 3. The van der Waals surface area contributed by atoms with Gasteiger partial charge in [-0.25, -0.2) is 13.2 Å². The normalized spacial score (nSPS) is 13.0. The molecular weight excluding hydrogens is 179 g/mol. The molecule has 2 N–H and O–H groups in total. The number of nitrogens with two attached hydrogens (primary N) is 1. The van der Waals surface area contributed by atoms with Gasteiger partial charge in [0.2, 0.25) is 0 Å². The van der Waals surface area contributed by atoms with Gasteiger partial charge in [-0.2, -0.15) is 0 Å². The summed E-state index contributed by atoms with van der Waals surface area (Å²) in [6.45, 7) is 1.68. The second-order valence-corrected chi connectivity index (χ2v) is 2.77. The van der Waals surface area contributed by atoms with Crippen LogP contribution in [-0.4, -0.2) is 0 Å². The average molecular weight is 189 g/mol. The lowest BCUT2D eigenvalue weighted by Gasteiger charge is -2.11. The van der Waals surface area contributed by atoms with Crippen molar-refractivity contribution in [3.8, 4) is 0 Å². The van der Waals surface area contributed by atoms with Crippen LogP contribution in [-0.2, 0) is 0 Å². The summed E-state index contributed by atoms with van der Waals surface area (Å²) >= 11 is 0. The van der Waals surface area contributed by atoms with E-state index in [4.69, 9.17) is 5.73 Å². The average Bonchev–Trinajstić information content (AvgIpc) is 2.12. The van der Waals surface area contributed by atoms with E-state index in [1.54, 1.807) is 6.92 Å². The number of rotatable bonds is 2. The van der Waals surface area contributed by atoms with Crippen LogP contribution in [0.15, 0.2) is 12.1 Å². The number of hydrogen-bond acceptors (Lipinski definition) is 1. The highest BCUT2D eigenvalue weighted by molar-refractivity contribution is 5.24. The van der Waals surface area contributed by atoms with Crippen molar-refractivity contribution in [1.29, 1.82) is 0 Å². The van der Waals surface area contributed by atoms with Crippen molar-refractivity contribution >= 4 is 0 Å². The van der Waals surface area contributed by atoms with Gasteiger partial charge in [-0.3, -0.25) is 0 Å². The van der Waals surface area contributed by atoms with E-state index in [9.17, 15) is 13.2 Å². The molecule has 0 unspecified atom stereocenters.